The van der Waals surface area contributed by atoms with Crippen molar-refractivity contribution >= 4 is 29.5 Å². The smallest absolute Gasteiger partial charge is 0.260 e. The SMILES string of the molecule is CCN(CC)C(=O)COc1ccc(C(=O)/C=C/c2ccc(SC)cc2)cc1. The van der Waals surface area contributed by atoms with E-state index >= 15 is 0 Å². The van der Waals surface area contributed by atoms with E-state index in [1.807, 2.05) is 44.4 Å². The lowest BCUT2D eigenvalue weighted by Crippen LogP contribution is -2.34. The highest BCUT2D eigenvalue weighted by molar-refractivity contribution is 7.98. The molecule has 5 heteroatoms. The van der Waals surface area contributed by atoms with Gasteiger partial charge in [0, 0.05) is 23.5 Å². The Labute approximate surface area is 165 Å². The van der Waals surface area contributed by atoms with E-state index in [0.717, 1.165) is 5.56 Å². The number of nitrogens with zero attached hydrogens (tertiary/aromatic N) is 1. The summed E-state index contributed by atoms with van der Waals surface area (Å²) in [6, 6.07) is 14.9. The monoisotopic (exact) mass is 383 g/mol. The van der Waals surface area contributed by atoms with E-state index in [0.29, 0.717) is 24.4 Å². The van der Waals surface area contributed by atoms with Crippen molar-refractivity contribution in [1.29, 1.82) is 0 Å². The van der Waals surface area contributed by atoms with Crippen molar-refractivity contribution in [1.82, 2.24) is 4.90 Å². The zero-order valence-electron chi connectivity index (χ0n) is 16.0. The van der Waals surface area contributed by atoms with E-state index in [1.165, 1.54) is 4.90 Å². The molecule has 0 saturated heterocycles. The molecule has 0 saturated carbocycles. The second kappa shape index (κ2) is 10.6. The molecule has 2 aromatic carbocycles. The molecule has 27 heavy (non-hydrogen) atoms. The molecule has 142 valence electrons. The van der Waals surface area contributed by atoms with Gasteiger partial charge in [-0.25, -0.2) is 0 Å². The summed E-state index contributed by atoms with van der Waals surface area (Å²) in [5, 5.41) is 0. The molecule has 0 spiro atoms. The molecule has 0 aliphatic heterocycles. The number of hydrogen-bond donors (Lipinski definition) is 0. The van der Waals surface area contributed by atoms with Crippen LogP contribution in [-0.4, -0.2) is 42.5 Å². The van der Waals surface area contributed by atoms with Crippen LogP contribution in [-0.2, 0) is 4.79 Å². The minimum Gasteiger partial charge on any atom is -0.484 e. The molecule has 0 radical (unpaired) electrons. The van der Waals surface area contributed by atoms with Gasteiger partial charge in [-0.3, -0.25) is 9.59 Å². The van der Waals surface area contributed by atoms with Gasteiger partial charge in [0.1, 0.15) is 5.75 Å². The first-order chi connectivity index (χ1) is 13.1. The minimum absolute atomic E-state index is 0.000910. The number of carbonyl (C=O) groups is 2. The van der Waals surface area contributed by atoms with Crippen LogP contribution in [0.5, 0.6) is 5.75 Å². The van der Waals surface area contributed by atoms with Crippen molar-refractivity contribution in [2.24, 2.45) is 0 Å². The van der Waals surface area contributed by atoms with Crippen LogP contribution in [0.1, 0.15) is 29.8 Å². The maximum Gasteiger partial charge on any atom is 0.260 e. The van der Waals surface area contributed by atoms with Gasteiger partial charge >= 0.3 is 0 Å². The number of hydrogen-bond acceptors (Lipinski definition) is 4. The molecule has 0 unspecified atom stereocenters. The summed E-state index contributed by atoms with van der Waals surface area (Å²) < 4.78 is 5.52. The van der Waals surface area contributed by atoms with Gasteiger partial charge in [0.25, 0.3) is 5.91 Å². The lowest BCUT2D eigenvalue weighted by Gasteiger charge is -2.18. The van der Waals surface area contributed by atoms with Crippen molar-refractivity contribution in [2.75, 3.05) is 26.0 Å². The first-order valence-electron chi connectivity index (χ1n) is 8.94. The summed E-state index contributed by atoms with van der Waals surface area (Å²) in [5.41, 5.74) is 1.56. The first-order valence-corrected chi connectivity index (χ1v) is 10.2. The highest BCUT2D eigenvalue weighted by atomic mass is 32.2. The lowest BCUT2D eigenvalue weighted by atomic mass is 10.1. The molecular formula is C22H25NO3S. The lowest BCUT2D eigenvalue weighted by molar-refractivity contribution is -0.132. The van der Waals surface area contributed by atoms with Crippen LogP contribution in [0.3, 0.4) is 0 Å². The van der Waals surface area contributed by atoms with Gasteiger partial charge in [0.2, 0.25) is 0 Å². The Morgan fingerprint density at radius 2 is 1.63 bits per heavy atom. The molecule has 0 aliphatic carbocycles. The number of amides is 1. The molecule has 0 fully saturated rings. The predicted molar refractivity (Wildman–Crippen MR) is 111 cm³/mol. The van der Waals surface area contributed by atoms with Crippen LogP contribution in [0.15, 0.2) is 59.5 Å². The molecule has 2 aromatic rings. The van der Waals surface area contributed by atoms with E-state index in [4.69, 9.17) is 4.74 Å². The van der Waals surface area contributed by atoms with E-state index in [9.17, 15) is 9.59 Å². The topological polar surface area (TPSA) is 46.6 Å². The Kier molecular flexibility index (Phi) is 8.14. The minimum atomic E-state index is -0.0743. The molecule has 0 aromatic heterocycles. The van der Waals surface area contributed by atoms with Crippen LogP contribution in [0, 0.1) is 0 Å². The van der Waals surface area contributed by atoms with Crippen LogP contribution >= 0.6 is 11.8 Å². The van der Waals surface area contributed by atoms with Gasteiger partial charge in [-0.15, -0.1) is 11.8 Å². The number of benzene rings is 2. The summed E-state index contributed by atoms with van der Waals surface area (Å²) in [5.74, 6) is 0.453. The van der Waals surface area contributed by atoms with Gasteiger partial charge in [-0.2, -0.15) is 0 Å². The Balaban J connectivity index is 1.92. The Bertz CT molecular complexity index is 778. The van der Waals surface area contributed by atoms with Crippen molar-refractivity contribution in [3.63, 3.8) is 0 Å². The molecule has 0 bridgehead atoms. The highest BCUT2D eigenvalue weighted by Gasteiger charge is 2.10. The largest absolute Gasteiger partial charge is 0.484 e. The average Bonchev–Trinajstić information content (AvgIpc) is 2.72. The molecule has 2 rings (SSSR count). The van der Waals surface area contributed by atoms with Gasteiger partial charge in [0.05, 0.1) is 0 Å². The second-order valence-corrected chi connectivity index (χ2v) is 6.73. The standard InChI is InChI=1S/C22H25NO3S/c1-4-23(5-2)22(25)16-26-19-11-9-18(10-12-19)21(24)15-8-17-6-13-20(27-3)14-7-17/h6-15H,4-5,16H2,1-3H3/b15-8+. The number of carbonyl (C=O) groups excluding carboxylic acids is 2. The van der Waals surface area contributed by atoms with E-state index in [2.05, 4.69) is 0 Å². The fourth-order valence-electron chi connectivity index (χ4n) is 2.51. The van der Waals surface area contributed by atoms with Crippen molar-refractivity contribution < 1.29 is 14.3 Å². The van der Waals surface area contributed by atoms with Crippen LogP contribution < -0.4 is 4.74 Å². The highest BCUT2D eigenvalue weighted by Crippen LogP contribution is 2.16. The summed E-state index contributed by atoms with van der Waals surface area (Å²) >= 11 is 1.68. The molecule has 4 nitrogen and oxygen atoms in total. The number of thioether (sulfide) groups is 1. The molecule has 0 aliphatic rings. The third-order valence-electron chi connectivity index (χ3n) is 4.16. The fraction of sp³-hybridized carbons (Fsp3) is 0.273. The average molecular weight is 384 g/mol. The third-order valence-corrected chi connectivity index (χ3v) is 4.90. The van der Waals surface area contributed by atoms with Gasteiger partial charge in [-0.05, 0) is 68.1 Å². The maximum absolute atomic E-state index is 12.3. The molecular weight excluding hydrogens is 358 g/mol. The second-order valence-electron chi connectivity index (χ2n) is 5.85. The Hall–Kier alpha value is -2.53. The summed E-state index contributed by atoms with van der Waals surface area (Å²) in [7, 11) is 0. The van der Waals surface area contributed by atoms with E-state index in [-0.39, 0.29) is 18.3 Å². The number of likely N-dealkylation sites (N-methyl/N-ethyl adjacent to an activating group) is 1. The van der Waals surface area contributed by atoms with Crippen LogP contribution in [0.4, 0.5) is 0 Å². The number of allylic oxidation sites excluding steroid dienone is 1. The van der Waals surface area contributed by atoms with Gasteiger partial charge in [-0.1, -0.05) is 18.2 Å². The predicted octanol–water partition coefficient (Wildman–Crippen LogP) is 4.55. The molecule has 0 atom stereocenters. The van der Waals surface area contributed by atoms with Gasteiger partial charge in [0.15, 0.2) is 12.4 Å². The summed E-state index contributed by atoms with van der Waals surface area (Å²) in [6.07, 6.45) is 5.40. The normalized spacial score (nSPS) is 10.8. The molecule has 0 heterocycles. The quantitative estimate of drug-likeness (QED) is 0.362. The van der Waals surface area contributed by atoms with E-state index in [1.54, 1.807) is 53.1 Å². The summed E-state index contributed by atoms with van der Waals surface area (Å²) in [6.45, 7) is 5.21. The Morgan fingerprint density at radius 1 is 1.00 bits per heavy atom. The Morgan fingerprint density at radius 3 is 2.19 bits per heavy atom. The number of rotatable bonds is 9. The van der Waals surface area contributed by atoms with Crippen LogP contribution in [0.25, 0.3) is 6.08 Å². The summed E-state index contributed by atoms with van der Waals surface area (Å²) in [4.78, 5) is 27.1. The fourth-order valence-corrected chi connectivity index (χ4v) is 2.92. The molecule has 1 amide bonds. The van der Waals surface area contributed by atoms with Crippen molar-refractivity contribution in [3.05, 3.63) is 65.7 Å². The van der Waals surface area contributed by atoms with Gasteiger partial charge < -0.3 is 9.64 Å². The third kappa shape index (κ3) is 6.29. The molecule has 0 N–H and O–H groups in total. The number of ether oxygens (including phenoxy) is 1. The zero-order valence-corrected chi connectivity index (χ0v) is 16.8. The van der Waals surface area contributed by atoms with Crippen LogP contribution in [0.2, 0.25) is 0 Å². The number of ketones is 1. The first kappa shape index (κ1) is 20.8. The maximum atomic E-state index is 12.3. The zero-order chi connectivity index (χ0) is 19.6. The van der Waals surface area contributed by atoms with Crippen molar-refractivity contribution in [3.8, 4) is 5.75 Å². The van der Waals surface area contributed by atoms with Crippen molar-refractivity contribution in [2.45, 2.75) is 18.7 Å². The van der Waals surface area contributed by atoms with E-state index < -0.39 is 0 Å².